The lowest BCUT2D eigenvalue weighted by Crippen LogP contribution is -2.10. The van der Waals surface area contributed by atoms with Gasteiger partial charge in [-0.25, -0.2) is 0 Å². The first-order chi connectivity index (χ1) is 17.1. The zero-order chi connectivity index (χ0) is 25.5. The highest BCUT2D eigenvalue weighted by Gasteiger charge is 2.20. The Labute approximate surface area is 216 Å². The molecule has 0 unspecified atom stereocenters. The van der Waals surface area contributed by atoms with Gasteiger partial charge >= 0.3 is 0 Å². The predicted molar refractivity (Wildman–Crippen MR) is 158 cm³/mol. The molecule has 0 fully saturated rings. The maximum Gasteiger partial charge on any atom is -0.00204 e. The summed E-state index contributed by atoms with van der Waals surface area (Å²) in [5, 5.41) is 2.55. The number of benzene rings is 5. The summed E-state index contributed by atoms with van der Waals surface area (Å²) in [4.78, 5) is 0. The van der Waals surface area contributed by atoms with E-state index in [1.54, 1.807) is 0 Å². The summed E-state index contributed by atoms with van der Waals surface area (Å²) in [6.45, 7) is 13.6. The van der Waals surface area contributed by atoms with Crippen LogP contribution in [0.2, 0.25) is 0 Å². The Hall–Kier alpha value is -3.64. The maximum atomic E-state index is 2.37. The molecule has 0 heterocycles. The Kier molecular flexibility index (Phi) is 6.08. The van der Waals surface area contributed by atoms with Crippen LogP contribution in [0, 0.1) is 0 Å². The third-order valence-electron chi connectivity index (χ3n) is 7.21. The highest BCUT2D eigenvalue weighted by atomic mass is 14.2. The standard InChI is InChI=1S/C36H36/c1-35(2,3)29-20-16-26(17-21-29)33-31-15-11-10-14-28(31)24-32(25-12-8-7-9-13-25)34(33)27-18-22-30(23-19-27)36(4,5)6/h7-24H,1-6H3. The van der Waals surface area contributed by atoms with Gasteiger partial charge in [-0.3, -0.25) is 0 Å². The molecule has 0 atom stereocenters. The lowest BCUT2D eigenvalue weighted by Gasteiger charge is -2.23. The van der Waals surface area contributed by atoms with Crippen LogP contribution in [0.3, 0.4) is 0 Å². The van der Waals surface area contributed by atoms with Crippen molar-refractivity contribution in [1.29, 1.82) is 0 Å². The minimum absolute atomic E-state index is 0.121. The molecule has 0 N–H and O–H groups in total. The minimum atomic E-state index is 0.121. The van der Waals surface area contributed by atoms with Crippen LogP contribution in [-0.4, -0.2) is 0 Å². The van der Waals surface area contributed by atoms with Crippen molar-refractivity contribution in [2.75, 3.05) is 0 Å². The summed E-state index contributed by atoms with van der Waals surface area (Å²) < 4.78 is 0. The van der Waals surface area contributed by atoms with Crippen LogP contribution in [-0.2, 0) is 10.8 Å². The summed E-state index contributed by atoms with van der Waals surface area (Å²) in [5.41, 5.74) is 10.6. The van der Waals surface area contributed by atoms with Crippen LogP contribution in [0.25, 0.3) is 44.2 Å². The fraction of sp³-hybridized carbons (Fsp3) is 0.222. The molecule has 180 valence electrons. The second-order valence-corrected chi connectivity index (χ2v) is 11.9. The van der Waals surface area contributed by atoms with Gasteiger partial charge in [0.2, 0.25) is 0 Å². The predicted octanol–water partition coefficient (Wildman–Crippen LogP) is 10.4. The zero-order valence-corrected chi connectivity index (χ0v) is 22.4. The highest BCUT2D eigenvalue weighted by molar-refractivity contribution is 6.09. The molecule has 0 bridgehead atoms. The molecular formula is C36H36. The highest BCUT2D eigenvalue weighted by Crippen LogP contribution is 2.45. The normalized spacial score (nSPS) is 12.2. The quantitative estimate of drug-likeness (QED) is 0.247. The lowest BCUT2D eigenvalue weighted by atomic mass is 9.81. The van der Waals surface area contributed by atoms with Crippen LogP contribution in [0.1, 0.15) is 52.7 Å². The molecule has 0 amide bonds. The van der Waals surface area contributed by atoms with Gasteiger partial charge in [0.1, 0.15) is 0 Å². The molecule has 0 aliphatic heterocycles. The van der Waals surface area contributed by atoms with E-state index in [1.165, 1.54) is 55.3 Å². The van der Waals surface area contributed by atoms with Gasteiger partial charge in [-0.15, -0.1) is 0 Å². The van der Waals surface area contributed by atoms with Crippen molar-refractivity contribution in [3.8, 4) is 33.4 Å². The lowest BCUT2D eigenvalue weighted by molar-refractivity contribution is 0.590. The second-order valence-electron chi connectivity index (χ2n) is 11.9. The van der Waals surface area contributed by atoms with Gasteiger partial charge < -0.3 is 0 Å². The molecule has 0 radical (unpaired) electrons. The SMILES string of the molecule is CC(C)(C)c1ccc(-c2c(-c3ccccc3)cc3ccccc3c2-c2ccc(C(C)(C)C)cc2)cc1. The zero-order valence-electron chi connectivity index (χ0n) is 22.4. The van der Waals surface area contributed by atoms with Crippen molar-refractivity contribution >= 4 is 10.8 Å². The number of hydrogen-bond acceptors (Lipinski definition) is 0. The fourth-order valence-corrected chi connectivity index (χ4v) is 5.07. The van der Waals surface area contributed by atoms with Gasteiger partial charge in [0, 0.05) is 0 Å². The van der Waals surface area contributed by atoms with Crippen molar-refractivity contribution in [2.45, 2.75) is 52.4 Å². The van der Waals surface area contributed by atoms with Crippen LogP contribution >= 0.6 is 0 Å². The van der Waals surface area contributed by atoms with Crippen LogP contribution in [0.5, 0.6) is 0 Å². The molecule has 0 aliphatic carbocycles. The van der Waals surface area contributed by atoms with Crippen LogP contribution in [0.4, 0.5) is 0 Å². The van der Waals surface area contributed by atoms with E-state index in [9.17, 15) is 0 Å². The van der Waals surface area contributed by atoms with Gasteiger partial charge in [-0.05, 0) is 72.2 Å². The van der Waals surface area contributed by atoms with Gasteiger partial charge in [-0.1, -0.05) is 145 Å². The van der Waals surface area contributed by atoms with E-state index >= 15 is 0 Å². The van der Waals surface area contributed by atoms with Gasteiger partial charge in [0.25, 0.3) is 0 Å². The largest absolute Gasteiger partial charge is 0.0622 e. The van der Waals surface area contributed by atoms with Crippen molar-refractivity contribution in [3.05, 3.63) is 120 Å². The van der Waals surface area contributed by atoms with Gasteiger partial charge in [0.05, 0.1) is 0 Å². The monoisotopic (exact) mass is 468 g/mol. The summed E-state index contributed by atoms with van der Waals surface area (Å²) >= 11 is 0. The number of fused-ring (bicyclic) bond motifs is 1. The molecule has 36 heavy (non-hydrogen) atoms. The molecule has 0 saturated carbocycles. The molecule has 0 heteroatoms. The van der Waals surface area contributed by atoms with Crippen molar-refractivity contribution in [1.82, 2.24) is 0 Å². The Bertz CT molecular complexity index is 1490. The Morgan fingerprint density at radius 2 is 0.889 bits per heavy atom. The van der Waals surface area contributed by atoms with E-state index in [1.807, 2.05) is 0 Å². The van der Waals surface area contributed by atoms with E-state index in [4.69, 9.17) is 0 Å². The van der Waals surface area contributed by atoms with E-state index in [0.717, 1.165) is 0 Å². The summed E-state index contributed by atoms with van der Waals surface area (Å²) in [6.07, 6.45) is 0. The topological polar surface area (TPSA) is 0 Å². The average Bonchev–Trinajstić information content (AvgIpc) is 2.87. The first-order valence-electron chi connectivity index (χ1n) is 13.0. The molecule has 5 aromatic carbocycles. The summed E-state index contributed by atoms with van der Waals surface area (Å²) in [6, 6.07) is 40.4. The van der Waals surface area contributed by atoms with E-state index in [2.05, 4.69) is 151 Å². The first-order valence-corrected chi connectivity index (χ1v) is 13.0. The minimum Gasteiger partial charge on any atom is -0.0622 e. The molecule has 5 aromatic rings. The molecular weight excluding hydrogens is 432 g/mol. The summed E-state index contributed by atoms with van der Waals surface area (Å²) in [5.74, 6) is 0. The molecule has 0 aliphatic rings. The van der Waals surface area contributed by atoms with E-state index < -0.39 is 0 Å². The second kappa shape index (κ2) is 9.10. The van der Waals surface area contributed by atoms with E-state index in [0.29, 0.717) is 0 Å². The Morgan fingerprint density at radius 1 is 0.417 bits per heavy atom. The van der Waals surface area contributed by atoms with Crippen molar-refractivity contribution in [2.24, 2.45) is 0 Å². The third kappa shape index (κ3) is 4.61. The molecule has 5 rings (SSSR count). The van der Waals surface area contributed by atoms with Crippen LogP contribution < -0.4 is 0 Å². The average molecular weight is 469 g/mol. The maximum absolute atomic E-state index is 2.37. The van der Waals surface area contributed by atoms with Crippen molar-refractivity contribution in [3.63, 3.8) is 0 Å². The van der Waals surface area contributed by atoms with Gasteiger partial charge in [0.15, 0.2) is 0 Å². The number of rotatable bonds is 3. The van der Waals surface area contributed by atoms with Gasteiger partial charge in [-0.2, -0.15) is 0 Å². The van der Waals surface area contributed by atoms with E-state index in [-0.39, 0.29) is 10.8 Å². The van der Waals surface area contributed by atoms with Crippen molar-refractivity contribution < 1.29 is 0 Å². The molecule has 0 spiro atoms. The smallest absolute Gasteiger partial charge is 0.00204 e. The number of hydrogen-bond donors (Lipinski definition) is 0. The molecule has 0 saturated heterocycles. The van der Waals surface area contributed by atoms with Crippen LogP contribution in [0.15, 0.2) is 109 Å². The third-order valence-corrected chi connectivity index (χ3v) is 7.21. The Balaban J connectivity index is 1.85. The summed E-state index contributed by atoms with van der Waals surface area (Å²) in [7, 11) is 0. The molecule has 0 aromatic heterocycles. The fourth-order valence-electron chi connectivity index (χ4n) is 5.07. The first kappa shape index (κ1) is 24.1. The molecule has 0 nitrogen and oxygen atoms in total. The Morgan fingerprint density at radius 3 is 1.42 bits per heavy atom.